The Hall–Kier alpha value is -0.0400. The van der Waals surface area contributed by atoms with Crippen LogP contribution in [0.4, 0.5) is 0 Å². The van der Waals surface area contributed by atoms with Gasteiger partial charge in [0.15, 0.2) is 0 Å². The summed E-state index contributed by atoms with van der Waals surface area (Å²) in [6.45, 7) is 12.7. The van der Waals surface area contributed by atoms with Gasteiger partial charge in [0.05, 0.1) is 5.60 Å². The fraction of sp³-hybridized carbons (Fsp3) is 1.00. The van der Waals surface area contributed by atoms with E-state index in [9.17, 15) is 5.11 Å². The minimum atomic E-state index is -0.520. The Balaban J connectivity index is 4.20. The second-order valence-corrected chi connectivity index (χ2v) is 5.49. The largest absolute Gasteiger partial charge is 0.390 e. The number of hydrogen-bond acceptors (Lipinski definition) is 1. The number of rotatable bonds is 3. The lowest BCUT2D eigenvalue weighted by Crippen LogP contribution is -2.30. The first-order valence-electron chi connectivity index (χ1n) is 4.89. The molecule has 0 aliphatic carbocycles. The lowest BCUT2D eigenvalue weighted by atomic mass is 9.74. The van der Waals surface area contributed by atoms with E-state index in [1.54, 1.807) is 0 Å². The molecule has 0 aromatic rings. The molecule has 0 heterocycles. The van der Waals surface area contributed by atoms with Crippen LogP contribution in [-0.4, -0.2) is 10.7 Å². The van der Waals surface area contributed by atoms with Crippen molar-refractivity contribution in [1.29, 1.82) is 0 Å². The minimum Gasteiger partial charge on any atom is -0.390 e. The normalized spacial score (nSPS) is 16.2. The van der Waals surface area contributed by atoms with Crippen LogP contribution in [0.5, 0.6) is 0 Å². The third-order valence-corrected chi connectivity index (χ3v) is 2.46. The highest BCUT2D eigenvalue weighted by atomic mass is 16.3. The summed E-state index contributed by atoms with van der Waals surface area (Å²) < 4.78 is 0. The van der Waals surface area contributed by atoms with Gasteiger partial charge in [0, 0.05) is 0 Å². The van der Waals surface area contributed by atoms with Crippen molar-refractivity contribution in [3.8, 4) is 0 Å². The lowest BCUT2D eigenvalue weighted by molar-refractivity contribution is 0.0278. The fourth-order valence-electron chi connectivity index (χ4n) is 1.67. The van der Waals surface area contributed by atoms with Gasteiger partial charge in [0.2, 0.25) is 0 Å². The Morgan fingerprint density at radius 2 is 1.50 bits per heavy atom. The molecule has 0 spiro atoms. The predicted molar refractivity (Wildman–Crippen MR) is 54.2 cm³/mol. The summed E-state index contributed by atoms with van der Waals surface area (Å²) in [4.78, 5) is 0. The monoisotopic (exact) mass is 172 g/mol. The maximum atomic E-state index is 9.68. The van der Waals surface area contributed by atoms with Gasteiger partial charge in [0.1, 0.15) is 0 Å². The Labute approximate surface area is 77.2 Å². The topological polar surface area (TPSA) is 20.2 Å². The van der Waals surface area contributed by atoms with E-state index in [0.717, 1.165) is 12.8 Å². The third-order valence-electron chi connectivity index (χ3n) is 2.46. The van der Waals surface area contributed by atoms with E-state index in [-0.39, 0.29) is 0 Å². The molecule has 0 saturated carbocycles. The molecular weight excluding hydrogens is 148 g/mol. The Bertz CT molecular complexity index is 125. The minimum absolute atomic E-state index is 0.314. The van der Waals surface area contributed by atoms with Crippen LogP contribution >= 0.6 is 0 Å². The summed E-state index contributed by atoms with van der Waals surface area (Å²) in [6, 6.07) is 0. The molecule has 1 nitrogen and oxygen atoms in total. The highest BCUT2D eigenvalue weighted by Gasteiger charge is 2.28. The van der Waals surface area contributed by atoms with Gasteiger partial charge in [-0.3, -0.25) is 0 Å². The Kier molecular flexibility index (Phi) is 3.77. The number of hydrogen-bond donors (Lipinski definition) is 1. The zero-order valence-electron chi connectivity index (χ0n) is 9.44. The summed E-state index contributed by atoms with van der Waals surface area (Å²) in [5, 5.41) is 9.68. The van der Waals surface area contributed by atoms with Crippen molar-refractivity contribution in [2.75, 3.05) is 0 Å². The molecule has 0 fully saturated rings. The summed E-state index contributed by atoms with van der Waals surface area (Å²) in [6.07, 6.45) is 2.04. The Morgan fingerprint density at radius 3 is 1.58 bits per heavy atom. The van der Waals surface area contributed by atoms with Crippen molar-refractivity contribution >= 4 is 0 Å². The van der Waals surface area contributed by atoms with Gasteiger partial charge in [-0.1, -0.05) is 34.1 Å². The molecule has 0 aliphatic heterocycles. The smallest absolute Gasteiger partial charge is 0.0594 e. The van der Waals surface area contributed by atoms with E-state index >= 15 is 0 Å². The van der Waals surface area contributed by atoms with Gasteiger partial charge >= 0.3 is 0 Å². The van der Waals surface area contributed by atoms with Crippen LogP contribution in [0.25, 0.3) is 0 Å². The van der Waals surface area contributed by atoms with Gasteiger partial charge in [-0.2, -0.15) is 0 Å². The summed E-state index contributed by atoms with van der Waals surface area (Å²) in [7, 11) is 0. The van der Waals surface area contributed by atoms with Crippen LogP contribution in [0.3, 0.4) is 0 Å². The van der Waals surface area contributed by atoms with Crippen molar-refractivity contribution < 1.29 is 5.11 Å². The molecule has 74 valence electrons. The van der Waals surface area contributed by atoms with E-state index in [2.05, 4.69) is 27.7 Å². The molecule has 0 aromatic carbocycles. The maximum Gasteiger partial charge on any atom is 0.0594 e. The van der Waals surface area contributed by atoms with Crippen molar-refractivity contribution in [3.63, 3.8) is 0 Å². The first-order valence-corrected chi connectivity index (χ1v) is 4.89. The van der Waals surface area contributed by atoms with E-state index in [0.29, 0.717) is 11.3 Å². The van der Waals surface area contributed by atoms with E-state index in [1.165, 1.54) is 0 Å². The van der Waals surface area contributed by atoms with E-state index in [1.807, 2.05) is 13.8 Å². The third kappa shape index (κ3) is 4.76. The maximum absolute atomic E-state index is 9.68. The van der Waals surface area contributed by atoms with Crippen molar-refractivity contribution in [3.05, 3.63) is 0 Å². The lowest BCUT2D eigenvalue weighted by Gasteiger charge is -2.34. The molecule has 0 bridgehead atoms. The van der Waals surface area contributed by atoms with Gasteiger partial charge < -0.3 is 5.11 Å². The predicted octanol–water partition coefficient (Wildman–Crippen LogP) is 3.22. The zero-order chi connectivity index (χ0) is 9.99. The molecule has 1 N–H and O–H groups in total. The van der Waals surface area contributed by atoms with Crippen LogP contribution in [0, 0.1) is 11.3 Å². The molecule has 1 heteroatoms. The van der Waals surface area contributed by atoms with Gasteiger partial charge in [-0.15, -0.1) is 0 Å². The zero-order valence-corrected chi connectivity index (χ0v) is 9.44. The highest BCUT2D eigenvalue weighted by molar-refractivity contribution is 4.79. The number of aliphatic hydroxyl groups is 1. The van der Waals surface area contributed by atoms with Crippen molar-refractivity contribution in [2.24, 2.45) is 11.3 Å². The molecule has 0 saturated heterocycles. The average molecular weight is 172 g/mol. The molecule has 0 amide bonds. The SMILES string of the molecule is CCC(CC(C)(C)O)C(C)(C)C. The molecular formula is C11H24O. The van der Waals surface area contributed by atoms with Gasteiger partial charge in [-0.05, 0) is 31.6 Å². The van der Waals surface area contributed by atoms with Crippen LogP contribution < -0.4 is 0 Å². The summed E-state index contributed by atoms with van der Waals surface area (Å²) in [5.74, 6) is 0.609. The van der Waals surface area contributed by atoms with Crippen molar-refractivity contribution in [2.45, 2.75) is 60.0 Å². The molecule has 1 atom stereocenters. The van der Waals surface area contributed by atoms with E-state index < -0.39 is 5.60 Å². The molecule has 12 heavy (non-hydrogen) atoms. The molecule has 1 unspecified atom stereocenters. The van der Waals surface area contributed by atoms with Crippen LogP contribution in [0.1, 0.15) is 54.4 Å². The van der Waals surface area contributed by atoms with Gasteiger partial charge in [-0.25, -0.2) is 0 Å². The molecule has 0 aromatic heterocycles. The quantitative estimate of drug-likeness (QED) is 0.693. The molecule has 0 radical (unpaired) electrons. The Morgan fingerprint density at radius 1 is 1.08 bits per heavy atom. The molecule has 0 rings (SSSR count). The average Bonchev–Trinajstić information content (AvgIpc) is 1.78. The highest BCUT2D eigenvalue weighted by Crippen LogP contribution is 2.34. The first kappa shape index (κ1) is 12.0. The van der Waals surface area contributed by atoms with Crippen LogP contribution in [-0.2, 0) is 0 Å². The fourth-order valence-corrected chi connectivity index (χ4v) is 1.67. The summed E-state index contributed by atoms with van der Waals surface area (Å²) >= 11 is 0. The van der Waals surface area contributed by atoms with Crippen LogP contribution in [0.2, 0.25) is 0 Å². The second kappa shape index (κ2) is 3.78. The van der Waals surface area contributed by atoms with Crippen LogP contribution in [0.15, 0.2) is 0 Å². The first-order chi connectivity index (χ1) is 5.17. The van der Waals surface area contributed by atoms with Gasteiger partial charge in [0.25, 0.3) is 0 Å². The van der Waals surface area contributed by atoms with Crippen molar-refractivity contribution in [1.82, 2.24) is 0 Å². The second-order valence-electron chi connectivity index (χ2n) is 5.49. The van der Waals surface area contributed by atoms with E-state index in [4.69, 9.17) is 0 Å². The molecule has 0 aliphatic rings. The standard InChI is InChI=1S/C11H24O/c1-7-9(10(2,3)4)8-11(5,6)12/h9,12H,7-8H2,1-6H3. The summed E-state index contributed by atoms with van der Waals surface area (Å²) in [5.41, 5.74) is -0.206.